The van der Waals surface area contributed by atoms with E-state index in [4.69, 9.17) is 4.74 Å². The molecular formula is C27H19F6NO4. The normalized spacial score (nSPS) is 20.2. The van der Waals surface area contributed by atoms with Gasteiger partial charge >= 0.3 is 18.3 Å². The first-order valence-electron chi connectivity index (χ1n) is 11.3. The van der Waals surface area contributed by atoms with Crippen LogP contribution in [0.1, 0.15) is 38.9 Å². The molecule has 38 heavy (non-hydrogen) atoms. The molecule has 0 heterocycles. The first-order chi connectivity index (χ1) is 17.9. The van der Waals surface area contributed by atoms with Gasteiger partial charge in [0.15, 0.2) is 0 Å². The smallest absolute Gasteiger partial charge is 0.425 e. The number of nitro groups is 1. The van der Waals surface area contributed by atoms with Crippen LogP contribution >= 0.6 is 0 Å². The highest BCUT2D eigenvalue weighted by Gasteiger charge is 2.56. The summed E-state index contributed by atoms with van der Waals surface area (Å²) >= 11 is 0. The lowest BCUT2D eigenvalue weighted by Gasteiger charge is -2.33. The van der Waals surface area contributed by atoms with E-state index < -0.39 is 47.1 Å². The van der Waals surface area contributed by atoms with Crippen molar-refractivity contribution in [2.75, 3.05) is 0 Å². The Bertz CT molecular complexity index is 1340. The van der Waals surface area contributed by atoms with Crippen molar-refractivity contribution >= 4 is 11.7 Å². The van der Waals surface area contributed by atoms with E-state index in [0.29, 0.717) is 17.2 Å². The molecule has 0 aliphatic heterocycles. The zero-order valence-electron chi connectivity index (χ0n) is 19.3. The van der Waals surface area contributed by atoms with Crippen LogP contribution in [0, 0.1) is 16.0 Å². The fourth-order valence-corrected chi connectivity index (χ4v) is 4.86. The minimum Gasteiger partial charge on any atom is -0.449 e. The summed E-state index contributed by atoms with van der Waals surface area (Å²) in [5.41, 5.74) is 0.294. The summed E-state index contributed by atoms with van der Waals surface area (Å²) < 4.78 is 88.1. The Morgan fingerprint density at radius 1 is 0.868 bits per heavy atom. The SMILES string of the molecule is O=C(O[C@@H]([C@@H]1[C@@H](c2ccccc2)c2ccccc2[C@@H]1/C=C/C(F)(F)F)C(F)(F)F)c1ccc([N+](=O)[O-])cc1. The molecule has 11 heteroatoms. The molecule has 198 valence electrons. The van der Waals surface area contributed by atoms with Gasteiger partial charge in [-0.25, -0.2) is 4.79 Å². The Kier molecular flexibility index (Phi) is 7.30. The van der Waals surface area contributed by atoms with Gasteiger partial charge in [0.25, 0.3) is 5.69 Å². The number of carbonyl (C=O) groups is 1. The predicted molar refractivity (Wildman–Crippen MR) is 125 cm³/mol. The second-order valence-corrected chi connectivity index (χ2v) is 8.69. The van der Waals surface area contributed by atoms with Gasteiger partial charge in [0.1, 0.15) is 0 Å². The van der Waals surface area contributed by atoms with E-state index in [1.54, 1.807) is 42.5 Å². The second-order valence-electron chi connectivity index (χ2n) is 8.69. The number of nitrogens with zero attached hydrogens (tertiary/aromatic N) is 1. The summed E-state index contributed by atoms with van der Waals surface area (Å²) in [4.78, 5) is 22.9. The van der Waals surface area contributed by atoms with Crippen molar-refractivity contribution in [1.82, 2.24) is 0 Å². The van der Waals surface area contributed by atoms with E-state index in [1.165, 1.54) is 12.1 Å². The van der Waals surface area contributed by atoms with Crippen molar-refractivity contribution in [3.8, 4) is 0 Å². The zero-order valence-corrected chi connectivity index (χ0v) is 19.3. The third kappa shape index (κ3) is 5.71. The van der Waals surface area contributed by atoms with Gasteiger partial charge in [-0.05, 0) is 28.8 Å². The highest BCUT2D eigenvalue weighted by molar-refractivity contribution is 5.89. The molecule has 0 unspecified atom stereocenters. The van der Waals surface area contributed by atoms with Crippen LogP contribution in [0.25, 0.3) is 0 Å². The molecular weight excluding hydrogens is 516 g/mol. The fraction of sp³-hybridized carbons (Fsp3) is 0.222. The molecule has 5 nitrogen and oxygen atoms in total. The molecule has 0 radical (unpaired) electrons. The first kappa shape index (κ1) is 26.9. The van der Waals surface area contributed by atoms with E-state index in [-0.39, 0.29) is 22.9 Å². The lowest BCUT2D eigenvalue weighted by molar-refractivity contribution is -0.384. The highest BCUT2D eigenvalue weighted by atomic mass is 19.4. The van der Waals surface area contributed by atoms with Gasteiger partial charge in [-0.3, -0.25) is 10.1 Å². The molecule has 0 saturated heterocycles. The van der Waals surface area contributed by atoms with Crippen LogP contribution in [-0.2, 0) is 4.74 Å². The Balaban J connectivity index is 1.82. The Labute approximate surface area is 212 Å². The molecule has 1 aliphatic carbocycles. The highest BCUT2D eigenvalue weighted by Crippen LogP contribution is 2.55. The molecule has 0 aromatic heterocycles. The van der Waals surface area contributed by atoms with Crippen molar-refractivity contribution in [3.05, 3.63) is 123 Å². The lowest BCUT2D eigenvalue weighted by atomic mass is 9.78. The number of rotatable bonds is 6. The minimum absolute atomic E-state index is 0.111. The standard InChI is InChI=1S/C27H19F6NO4/c28-26(29,30)15-14-21-19-8-4-5-9-20(19)22(16-6-2-1-3-7-16)23(21)24(27(31,32)33)38-25(35)17-10-12-18(13-11-17)34(36)37/h1-15,21-24H/b15-14+/t21-,22-,23-,24-/m0/s1. The summed E-state index contributed by atoms with van der Waals surface area (Å²) in [6, 6.07) is 17.9. The van der Waals surface area contributed by atoms with Gasteiger partial charge < -0.3 is 4.74 Å². The maximum atomic E-state index is 14.6. The van der Waals surface area contributed by atoms with Crippen molar-refractivity contribution in [3.63, 3.8) is 0 Å². The van der Waals surface area contributed by atoms with Gasteiger partial charge in [0.05, 0.1) is 10.5 Å². The number of carbonyl (C=O) groups excluding carboxylic acids is 1. The van der Waals surface area contributed by atoms with Crippen molar-refractivity contribution < 1.29 is 40.8 Å². The first-order valence-corrected chi connectivity index (χ1v) is 11.3. The quantitative estimate of drug-likeness (QED) is 0.109. The van der Waals surface area contributed by atoms with E-state index in [1.807, 2.05) is 0 Å². The van der Waals surface area contributed by atoms with Crippen molar-refractivity contribution in [1.29, 1.82) is 0 Å². The molecule has 4 atom stereocenters. The summed E-state index contributed by atoms with van der Waals surface area (Å²) in [5.74, 6) is -5.53. The van der Waals surface area contributed by atoms with E-state index >= 15 is 0 Å². The number of benzene rings is 3. The van der Waals surface area contributed by atoms with Gasteiger partial charge in [-0.2, -0.15) is 26.3 Å². The van der Waals surface area contributed by atoms with Crippen LogP contribution in [-0.4, -0.2) is 29.3 Å². The van der Waals surface area contributed by atoms with E-state index in [0.717, 1.165) is 24.3 Å². The third-order valence-electron chi connectivity index (χ3n) is 6.36. The molecule has 0 amide bonds. The Morgan fingerprint density at radius 3 is 2.00 bits per heavy atom. The molecule has 0 bridgehead atoms. The van der Waals surface area contributed by atoms with Crippen LogP contribution in [0.15, 0.2) is 91.0 Å². The maximum absolute atomic E-state index is 14.6. The molecule has 0 N–H and O–H groups in total. The lowest BCUT2D eigenvalue weighted by Crippen LogP contribution is -2.43. The predicted octanol–water partition coefficient (Wildman–Crippen LogP) is 7.35. The Hall–Kier alpha value is -4.15. The van der Waals surface area contributed by atoms with Crippen LogP contribution in [0.2, 0.25) is 0 Å². The average molecular weight is 535 g/mol. The fourth-order valence-electron chi connectivity index (χ4n) is 4.86. The molecule has 3 aromatic carbocycles. The van der Waals surface area contributed by atoms with Gasteiger partial charge in [0, 0.05) is 36.0 Å². The second kappa shape index (κ2) is 10.3. The van der Waals surface area contributed by atoms with Gasteiger partial charge in [-0.15, -0.1) is 0 Å². The summed E-state index contributed by atoms with van der Waals surface area (Å²) in [6.45, 7) is 0. The van der Waals surface area contributed by atoms with Crippen molar-refractivity contribution in [2.24, 2.45) is 5.92 Å². The molecule has 0 spiro atoms. The largest absolute Gasteiger partial charge is 0.449 e. The Morgan fingerprint density at radius 2 is 1.45 bits per heavy atom. The van der Waals surface area contributed by atoms with Crippen LogP contribution in [0.3, 0.4) is 0 Å². The number of esters is 1. The van der Waals surface area contributed by atoms with Crippen LogP contribution in [0.5, 0.6) is 0 Å². The summed E-state index contributed by atoms with van der Waals surface area (Å²) in [7, 11) is 0. The van der Waals surface area contributed by atoms with Gasteiger partial charge in [0.2, 0.25) is 6.10 Å². The van der Waals surface area contributed by atoms with E-state index in [2.05, 4.69) is 0 Å². The average Bonchev–Trinajstić information content (AvgIpc) is 3.19. The molecule has 0 fully saturated rings. The molecule has 4 rings (SSSR count). The summed E-state index contributed by atoms with van der Waals surface area (Å²) in [6.07, 6.45) is -12.2. The van der Waals surface area contributed by atoms with Crippen LogP contribution < -0.4 is 0 Å². The number of halogens is 6. The monoisotopic (exact) mass is 535 g/mol. The van der Waals surface area contributed by atoms with Crippen molar-refractivity contribution in [2.45, 2.75) is 30.3 Å². The van der Waals surface area contributed by atoms with Crippen LogP contribution in [0.4, 0.5) is 32.0 Å². The number of fused-ring (bicyclic) bond motifs is 1. The number of hydrogen-bond donors (Lipinski definition) is 0. The third-order valence-corrected chi connectivity index (χ3v) is 6.36. The number of alkyl halides is 6. The van der Waals surface area contributed by atoms with Gasteiger partial charge in [-0.1, -0.05) is 60.7 Å². The number of non-ortho nitro benzene ring substituents is 1. The number of hydrogen-bond acceptors (Lipinski definition) is 4. The number of allylic oxidation sites excluding steroid dienone is 2. The topological polar surface area (TPSA) is 69.4 Å². The number of nitro benzene ring substituents is 1. The number of ether oxygens (including phenoxy) is 1. The maximum Gasteiger partial charge on any atom is 0.425 e. The minimum atomic E-state index is -5.15. The molecule has 1 aliphatic rings. The molecule has 3 aromatic rings. The summed E-state index contributed by atoms with van der Waals surface area (Å²) in [5, 5.41) is 10.9. The molecule has 0 saturated carbocycles. The van der Waals surface area contributed by atoms with E-state index in [9.17, 15) is 41.3 Å². The zero-order chi connectivity index (χ0) is 27.7.